The van der Waals surface area contributed by atoms with Gasteiger partial charge in [-0.25, -0.2) is 0 Å². The molecule has 3 rings (SSSR count). The Morgan fingerprint density at radius 2 is 1.90 bits per heavy atom. The summed E-state index contributed by atoms with van der Waals surface area (Å²) in [5.41, 5.74) is 7.14. The van der Waals surface area contributed by atoms with E-state index < -0.39 is 0 Å². The first-order valence-electron chi connectivity index (χ1n) is 9.91. The van der Waals surface area contributed by atoms with Crippen molar-refractivity contribution in [2.75, 3.05) is 0 Å². The molecule has 0 unspecified atom stereocenters. The van der Waals surface area contributed by atoms with E-state index in [1.165, 1.54) is 0 Å². The molecule has 0 bridgehead atoms. The van der Waals surface area contributed by atoms with Crippen molar-refractivity contribution in [2.45, 2.75) is 47.6 Å². The molecule has 6 nitrogen and oxygen atoms in total. The lowest BCUT2D eigenvalue weighted by atomic mass is 10.0. The van der Waals surface area contributed by atoms with Crippen LogP contribution in [0.1, 0.15) is 49.1 Å². The predicted molar refractivity (Wildman–Crippen MR) is 120 cm³/mol. The van der Waals surface area contributed by atoms with Gasteiger partial charge >= 0.3 is 0 Å². The van der Waals surface area contributed by atoms with Crippen molar-refractivity contribution < 1.29 is 0 Å². The Morgan fingerprint density at radius 3 is 2.50 bits per heavy atom. The molecule has 2 heterocycles. The Morgan fingerprint density at radius 1 is 1.17 bits per heavy atom. The van der Waals surface area contributed by atoms with Crippen molar-refractivity contribution in [3.05, 3.63) is 69.8 Å². The van der Waals surface area contributed by atoms with Crippen molar-refractivity contribution in [1.29, 1.82) is 5.26 Å². The van der Waals surface area contributed by atoms with Gasteiger partial charge in [0.25, 0.3) is 0 Å². The first-order chi connectivity index (χ1) is 14.4. The maximum Gasteiger partial charge on any atom is 0.108 e. The van der Waals surface area contributed by atoms with Crippen LogP contribution in [-0.2, 0) is 13.0 Å². The summed E-state index contributed by atoms with van der Waals surface area (Å²) >= 11 is 6.25. The molecule has 0 radical (unpaired) electrons. The molecule has 0 atom stereocenters. The number of hydrogen-bond acceptors (Lipinski definition) is 4. The number of benzene rings is 1. The van der Waals surface area contributed by atoms with E-state index in [1.807, 2.05) is 62.7 Å². The number of rotatable bonds is 6. The molecule has 7 heteroatoms. The smallest absolute Gasteiger partial charge is 0.108 e. The van der Waals surface area contributed by atoms with Gasteiger partial charge in [-0.15, -0.1) is 0 Å². The summed E-state index contributed by atoms with van der Waals surface area (Å²) in [5.74, 6) is 0. The van der Waals surface area contributed by atoms with Crippen LogP contribution in [0.25, 0.3) is 16.8 Å². The Bertz CT molecular complexity index is 1170. The SMILES string of the molecule is C/C=C\C(=C/C)n1nc(CC)c(Cn2nc(C)c(-c3ccc(C#N)c(Cl)c3)c2C)n1. The molecule has 0 spiro atoms. The van der Waals surface area contributed by atoms with E-state index in [1.54, 1.807) is 10.9 Å². The van der Waals surface area contributed by atoms with Gasteiger partial charge < -0.3 is 0 Å². The van der Waals surface area contributed by atoms with Crippen molar-refractivity contribution in [1.82, 2.24) is 24.8 Å². The lowest BCUT2D eigenvalue weighted by Gasteiger charge is -2.06. The van der Waals surface area contributed by atoms with Crippen molar-refractivity contribution >= 4 is 17.3 Å². The molecule has 0 amide bonds. The molecular formula is C23H25ClN6. The van der Waals surface area contributed by atoms with Crippen LogP contribution in [0.5, 0.6) is 0 Å². The highest BCUT2D eigenvalue weighted by atomic mass is 35.5. The normalized spacial score (nSPS) is 12.0. The lowest BCUT2D eigenvalue weighted by Crippen LogP contribution is -2.07. The molecule has 154 valence electrons. The third-order valence-corrected chi connectivity index (χ3v) is 5.33. The highest BCUT2D eigenvalue weighted by molar-refractivity contribution is 6.32. The van der Waals surface area contributed by atoms with Crippen LogP contribution in [0.4, 0.5) is 0 Å². The largest absolute Gasteiger partial charge is 0.263 e. The number of hydrogen-bond donors (Lipinski definition) is 0. The molecule has 0 aliphatic heterocycles. The van der Waals surface area contributed by atoms with Crippen LogP contribution >= 0.6 is 11.6 Å². The molecule has 0 aliphatic rings. The van der Waals surface area contributed by atoms with Crippen LogP contribution in [-0.4, -0.2) is 24.8 Å². The fourth-order valence-corrected chi connectivity index (χ4v) is 3.72. The molecule has 1 aromatic carbocycles. The Hall–Kier alpha value is -3.17. The number of halogens is 1. The van der Waals surface area contributed by atoms with E-state index in [0.29, 0.717) is 17.1 Å². The van der Waals surface area contributed by atoms with E-state index in [9.17, 15) is 0 Å². The van der Waals surface area contributed by atoms with Gasteiger partial charge in [-0.3, -0.25) is 4.68 Å². The Kier molecular flexibility index (Phi) is 6.53. The Balaban J connectivity index is 2.00. The van der Waals surface area contributed by atoms with Crippen LogP contribution in [0.3, 0.4) is 0 Å². The molecule has 3 aromatic rings. The fraction of sp³-hybridized carbons (Fsp3) is 0.304. The first kappa shape index (κ1) is 21.5. The minimum absolute atomic E-state index is 0.445. The highest BCUT2D eigenvalue weighted by Crippen LogP contribution is 2.30. The van der Waals surface area contributed by atoms with Gasteiger partial charge in [-0.05, 0) is 57.9 Å². The second-order valence-electron chi connectivity index (χ2n) is 6.96. The molecule has 0 saturated heterocycles. The zero-order valence-electron chi connectivity index (χ0n) is 17.9. The Labute approximate surface area is 182 Å². The number of aryl methyl sites for hydroxylation is 2. The van der Waals surface area contributed by atoms with E-state index in [0.717, 1.165) is 46.0 Å². The van der Waals surface area contributed by atoms with Crippen LogP contribution < -0.4 is 0 Å². The van der Waals surface area contributed by atoms with Gasteiger partial charge in [0.2, 0.25) is 0 Å². The van der Waals surface area contributed by atoms with Gasteiger partial charge in [0.1, 0.15) is 11.8 Å². The number of allylic oxidation sites excluding steroid dienone is 4. The first-order valence-corrected chi connectivity index (χ1v) is 10.3. The van der Waals surface area contributed by atoms with Gasteiger partial charge in [0.15, 0.2) is 0 Å². The maximum atomic E-state index is 9.13. The maximum absolute atomic E-state index is 9.13. The summed E-state index contributed by atoms with van der Waals surface area (Å²) in [5, 5.41) is 23.7. The second-order valence-corrected chi connectivity index (χ2v) is 7.37. The van der Waals surface area contributed by atoms with Gasteiger partial charge in [-0.1, -0.05) is 36.7 Å². The van der Waals surface area contributed by atoms with Crippen LogP contribution in [0, 0.1) is 25.2 Å². The molecule has 0 saturated carbocycles. The number of nitriles is 1. The summed E-state index contributed by atoms with van der Waals surface area (Å²) < 4.78 is 1.95. The molecule has 0 fully saturated rings. The monoisotopic (exact) mass is 420 g/mol. The van der Waals surface area contributed by atoms with Crippen molar-refractivity contribution in [3.8, 4) is 17.2 Å². The van der Waals surface area contributed by atoms with E-state index in [4.69, 9.17) is 27.1 Å². The number of nitrogens with zero attached hydrogens (tertiary/aromatic N) is 6. The van der Waals surface area contributed by atoms with Crippen molar-refractivity contribution in [2.24, 2.45) is 0 Å². The summed E-state index contributed by atoms with van der Waals surface area (Å²) in [6.07, 6.45) is 6.73. The standard InChI is InChI=1S/C23H25ClN6/c1-6-9-19(7-2)30-27-21(8-3)22(28-30)14-29-16(5)23(15(4)26-29)17-10-11-18(13-25)20(24)12-17/h6-7,9-12H,8,14H2,1-5H3/b9-6-,19-7+. The topological polar surface area (TPSA) is 72.3 Å². The third-order valence-electron chi connectivity index (χ3n) is 5.02. The average molecular weight is 421 g/mol. The van der Waals surface area contributed by atoms with E-state index >= 15 is 0 Å². The van der Waals surface area contributed by atoms with Gasteiger partial charge in [0.05, 0.1) is 34.2 Å². The summed E-state index contributed by atoms with van der Waals surface area (Å²) in [6.45, 7) is 10.6. The average Bonchev–Trinajstić information content (AvgIpc) is 3.26. The lowest BCUT2D eigenvalue weighted by molar-refractivity contribution is 0.636. The summed E-state index contributed by atoms with van der Waals surface area (Å²) in [6, 6.07) is 7.58. The molecule has 0 aliphatic carbocycles. The van der Waals surface area contributed by atoms with Gasteiger partial charge in [0, 0.05) is 11.3 Å². The van der Waals surface area contributed by atoms with E-state index in [2.05, 4.69) is 18.1 Å². The minimum Gasteiger partial charge on any atom is -0.263 e. The summed E-state index contributed by atoms with van der Waals surface area (Å²) in [7, 11) is 0. The van der Waals surface area contributed by atoms with Gasteiger partial charge in [-0.2, -0.15) is 25.4 Å². The minimum atomic E-state index is 0.445. The molecule has 2 aromatic heterocycles. The quantitative estimate of drug-likeness (QED) is 0.505. The third kappa shape index (κ3) is 4.07. The fourth-order valence-electron chi connectivity index (χ4n) is 3.50. The van der Waals surface area contributed by atoms with Crippen molar-refractivity contribution in [3.63, 3.8) is 0 Å². The highest BCUT2D eigenvalue weighted by Gasteiger charge is 2.18. The van der Waals surface area contributed by atoms with E-state index in [-0.39, 0.29) is 0 Å². The van der Waals surface area contributed by atoms with Crippen LogP contribution in [0.15, 0.2) is 36.4 Å². The zero-order valence-corrected chi connectivity index (χ0v) is 18.7. The zero-order chi connectivity index (χ0) is 21.8. The van der Waals surface area contributed by atoms with Crippen LogP contribution in [0.2, 0.25) is 5.02 Å². The molecule has 0 N–H and O–H groups in total. The predicted octanol–water partition coefficient (Wildman–Crippen LogP) is 5.33. The summed E-state index contributed by atoms with van der Waals surface area (Å²) in [4.78, 5) is 1.68. The number of aromatic nitrogens is 5. The molecule has 30 heavy (non-hydrogen) atoms. The molecular weight excluding hydrogens is 396 g/mol. The second kappa shape index (κ2) is 9.10.